The lowest BCUT2D eigenvalue weighted by Gasteiger charge is -2.31. The fraction of sp³-hybridized carbons (Fsp3) is 0.556. The summed E-state index contributed by atoms with van der Waals surface area (Å²) in [7, 11) is 0. The van der Waals surface area contributed by atoms with E-state index in [2.05, 4.69) is 30.1 Å². The maximum Gasteiger partial charge on any atom is 0.238 e. The number of ether oxygens (including phenoxy) is 1. The van der Waals surface area contributed by atoms with Crippen LogP contribution in [-0.2, 0) is 9.53 Å². The molecule has 2 rings (SSSR count). The van der Waals surface area contributed by atoms with Crippen LogP contribution in [0.25, 0.3) is 0 Å². The van der Waals surface area contributed by atoms with Gasteiger partial charge in [0.15, 0.2) is 0 Å². The van der Waals surface area contributed by atoms with Crippen molar-refractivity contribution in [2.75, 3.05) is 31.6 Å². The zero-order chi connectivity index (χ0) is 16.7. The normalized spacial score (nSPS) is 16.3. The number of carbonyl (C=O) groups is 1. The van der Waals surface area contributed by atoms with Gasteiger partial charge in [-0.2, -0.15) is 5.26 Å². The number of nitrogens with one attached hydrogen (secondary N) is 1. The van der Waals surface area contributed by atoms with Gasteiger partial charge in [-0.25, -0.2) is 0 Å². The lowest BCUT2D eigenvalue weighted by atomic mass is 10.1. The Morgan fingerprint density at radius 1 is 1.43 bits per heavy atom. The summed E-state index contributed by atoms with van der Waals surface area (Å²) in [4.78, 5) is 14.3. The fourth-order valence-corrected chi connectivity index (χ4v) is 2.63. The maximum absolute atomic E-state index is 12.1. The van der Waals surface area contributed by atoms with E-state index in [-0.39, 0.29) is 5.91 Å². The van der Waals surface area contributed by atoms with Crippen LogP contribution in [0.5, 0.6) is 0 Å². The minimum atomic E-state index is -0.0401. The Labute approximate surface area is 138 Å². The molecule has 5 nitrogen and oxygen atoms in total. The van der Waals surface area contributed by atoms with Crippen molar-refractivity contribution in [3.05, 3.63) is 29.8 Å². The topological polar surface area (TPSA) is 65.4 Å². The first-order valence-electron chi connectivity index (χ1n) is 8.21. The number of nitriles is 1. The molecule has 1 aliphatic rings. The number of likely N-dealkylation sites (tertiary alicyclic amines) is 1. The van der Waals surface area contributed by atoms with Crippen molar-refractivity contribution < 1.29 is 9.53 Å². The summed E-state index contributed by atoms with van der Waals surface area (Å²) in [6.07, 6.45) is 2.28. The standard InChI is InChI=1S/C18H25N3O2/c1-14(2)13-23-17-6-8-21(9-7-17)12-18(22)20-16-5-3-4-15(10-16)11-19/h3-5,10,14,17H,6-9,12-13H2,1-2H3,(H,20,22). The van der Waals surface area contributed by atoms with Gasteiger partial charge in [0, 0.05) is 25.4 Å². The second kappa shape index (κ2) is 8.66. The molecule has 1 fully saturated rings. The van der Waals surface area contributed by atoms with E-state index in [9.17, 15) is 4.79 Å². The van der Waals surface area contributed by atoms with Gasteiger partial charge in [0.1, 0.15) is 0 Å². The van der Waals surface area contributed by atoms with Crippen LogP contribution in [-0.4, -0.2) is 43.2 Å². The van der Waals surface area contributed by atoms with Crippen molar-refractivity contribution in [3.63, 3.8) is 0 Å². The molecule has 0 spiro atoms. The summed E-state index contributed by atoms with van der Waals surface area (Å²) in [6.45, 7) is 7.26. The van der Waals surface area contributed by atoms with E-state index < -0.39 is 0 Å². The quantitative estimate of drug-likeness (QED) is 0.876. The molecule has 1 saturated heterocycles. The number of hydrogen-bond acceptors (Lipinski definition) is 4. The van der Waals surface area contributed by atoms with E-state index in [1.54, 1.807) is 24.3 Å². The molecule has 0 radical (unpaired) electrons. The van der Waals surface area contributed by atoms with E-state index in [4.69, 9.17) is 10.00 Å². The predicted molar refractivity (Wildman–Crippen MR) is 90.0 cm³/mol. The highest BCUT2D eigenvalue weighted by Gasteiger charge is 2.21. The number of anilines is 1. The van der Waals surface area contributed by atoms with Crippen molar-refractivity contribution in [1.29, 1.82) is 5.26 Å². The van der Waals surface area contributed by atoms with Crippen LogP contribution in [0.2, 0.25) is 0 Å². The van der Waals surface area contributed by atoms with E-state index in [0.717, 1.165) is 32.5 Å². The summed E-state index contributed by atoms with van der Waals surface area (Å²) in [5, 5.41) is 11.7. The number of piperidine rings is 1. The Morgan fingerprint density at radius 3 is 2.83 bits per heavy atom. The third-order valence-corrected chi connectivity index (χ3v) is 3.84. The van der Waals surface area contributed by atoms with Gasteiger partial charge in [-0.3, -0.25) is 9.69 Å². The monoisotopic (exact) mass is 315 g/mol. The van der Waals surface area contributed by atoms with Gasteiger partial charge < -0.3 is 10.1 Å². The van der Waals surface area contributed by atoms with Gasteiger partial charge in [0.2, 0.25) is 5.91 Å². The molecule has 1 aromatic carbocycles. The molecular formula is C18H25N3O2. The van der Waals surface area contributed by atoms with Crippen LogP contribution in [0.15, 0.2) is 24.3 Å². The van der Waals surface area contributed by atoms with Gasteiger partial charge in [-0.05, 0) is 37.0 Å². The average Bonchev–Trinajstić information content (AvgIpc) is 2.54. The molecule has 0 unspecified atom stereocenters. The van der Waals surface area contributed by atoms with E-state index in [1.165, 1.54) is 0 Å². The minimum Gasteiger partial charge on any atom is -0.378 e. The largest absolute Gasteiger partial charge is 0.378 e. The van der Waals surface area contributed by atoms with Crippen molar-refractivity contribution >= 4 is 11.6 Å². The number of carbonyl (C=O) groups excluding carboxylic acids is 1. The van der Waals surface area contributed by atoms with E-state index in [1.807, 2.05) is 0 Å². The molecular weight excluding hydrogens is 290 g/mol. The second-order valence-corrected chi connectivity index (χ2v) is 6.44. The third kappa shape index (κ3) is 6.01. The molecule has 23 heavy (non-hydrogen) atoms. The lowest BCUT2D eigenvalue weighted by molar-refractivity contribution is -0.118. The fourth-order valence-electron chi connectivity index (χ4n) is 2.63. The maximum atomic E-state index is 12.1. The Kier molecular flexibility index (Phi) is 6.57. The first-order valence-corrected chi connectivity index (χ1v) is 8.21. The molecule has 1 amide bonds. The molecule has 1 aliphatic heterocycles. The summed E-state index contributed by atoms with van der Waals surface area (Å²) >= 11 is 0. The molecule has 5 heteroatoms. The van der Waals surface area contributed by atoms with Crippen LogP contribution < -0.4 is 5.32 Å². The Balaban J connectivity index is 1.73. The molecule has 1 aromatic rings. The van der Waals surface area contributed by atoms with Crippen LogP contribution in [0.1, 0.15) is 32.3 Å². The van der Waals surface area contributed by atoms with Crippen molar-refractivity contribution in [2.45, 2.75) is 32.8 Å². The number of amides is 1. The van der Waals surface area contributed by atoms with Crippen LogP contribution in [0.4, 0.5) is 5.69 Å². The SMILES string of the molecule is CC(C)COC1CCN(CC(=O)Nc2cccc(C#N)c2)CC1. The first kappa shape index (κ1) is 17.5. The zero-order valence-electron chi connectivity index (χ0n) is 13.9. The van der Waals surface area contributed by atoms with Crippen molar-refractivity contribution in [1.82, 2.24) is 4.90 Å². The van der Waals surface area contributed by atoms with Crippen LogP contribution in [0, 0.1) is 17.2 Å². The van der Waals surface area contributed by atoms with Gasteiger partial charge in [0.25, 0.3) is 0 Å². The zero-order valence-corrected chi connectivity index (χ0v) is 13.9. The van der Waals surface area contributed by atoms with Crippen LogP contribution in [0.3, 0.4) is 0 Å². The summed E-state index contributed by atoms with van der Waals surface area (Å²) in [5.41, 5.74) is 1.22. The molecule has 1 N–H and O–H groups in total. The highest BCUT2D eigenvalue weighted by atomic mass is 16.5. The van der Waals surface area contributed by atoms with E-state index >= 15 is 0 Å². The first-order chi connectivity index (χ1) is 11.1. The molecule has 0 saturated carbocycles. The van der Waals surface area contributed by atoms with Gasteiger partial charge >= 0.3 is 0 Å². The summed E-state index contributed by atoms with van der Waals surface area (Å²) < 4.78 is 5.86. The number of rotatable bonds is 6. The van der Waals surface area contributed by atoms with E-state index in [0.29, 0.717) is 29.8 Å². The van der Waals surface area contributed by atoms with Gasteiger partial charge in [0.05, 0.1) is 24.3 Å². The highest BCUT2D eigenvalue weighted by Crippen LogP contribution is 2.15. The summed E-state index contributed by atoms with van der Waals surface area (Å²) in [6, 6.07) is 9.04. The average molecular weight is 315 g/mol. The Morgan fingerprint density at radius 2 is 2.17 bits per heavy atom. The molecule has 124 valence electrons. The molecule has 0 aromatic heterocycles. The van der Waals surface area contributed by atoms with Gasteiger partial charge in [-0.1, -0.05) is 19.9 Å². The number of nitrogens with zero attached hydrogens (tertiary/aromatic N) is 2. The highest BCUT2D eigenvalue weighted by molar-refractivity contribution is 5.92. The van der Waals surface area contributed by atoms with Crippen molar-refractivity contribution in [3.8, 4) is 6.07 Å². The van der Waals surface area contributed by atoms with Crippen LogP contribution >= 0.6 is 0 Å². The Hall–Kier alpha value is -1.90. The summed E-state index contributed by atoms with van der Waals surface area (Å²) in [5.74, 6) is 0.518. The lowest BCUT2D eigenvalue weighted by Crippen LogP contribution is -2.41. The van der Waals surface area contributed by atoms with Crippen molar-refractivity contribution in [2.24, 2.45) is 5.92 Å². The smallest absolute Gasteiger partial charge is 0.238 e. The third-order valence-electron chi connectivity index (χ3n) is 3.84. The Bertz CT molecular complexity index is 558. The molecule has 0 bridgehead atoms. The number of benzene rings is 1. The minimum absolute atomic E-state index is 0.0401. The molecule has 0 atom stereocenters. The molecule has 1 heterocycles. The number of hydrogen-bond donors (Lipinski definition) is 1. The second-order valence-electron chi connectivity index (χ2n) is 6.44. The van der Waals surface area contributed by atoms with Gasteiger partial charge in [-0.15, -0.1) is 0 Å². The molecule has 0 aliphatic carbocycles. The predicted octanol–water partition coefficient (Wildman–Crippen LogP) is 2.63.